The van der Waals surface area contributed by atoms with Gasteiger partial charge in [-0.3, -0.25) is 10.1 Å². The Balaban J connectivity index is 1.99. The Morgan fingerprint density at radius 3 is 2.55 bits per heavy atom. The number of aromatic amines is 1. The summed E-state index contributed by atoms with van der Waals surface area (Å²) in [7, 11) is 0. The Morgan fingerprint density at radius 1 is 1.05 bits per heavy atom. The molecule has 4 heteroatoms. The van der Waals surface area contributed by atoms with Crippen molar-refractivity contribution in [1.29, 1.82) is 0 Å². The third kappa shape index (κ3) is 2.33. The highest BCUT2D eigenvalue weighted by molar-refractivity contribution is 5.63. The van der Waals surface area contributed by atoms with Crippen LogP contribution in [0.25, 0.3) is 11.3 Å². The van der Waals surface area contributed by atoms with Gasteiger partial charge in [0.1, 0.15) is 6.10 Å². The van der Waals surface area contributed by atoms with Gasteiger partial charge in [0.2, 0.25) is 0 Å². The van der Waals surface area contributed by atoms with Gasteiger partial charge >= 0.3 is 0 Å². The largest absolute Gasteiger partial charge is 0.383 e. The van der Waals surface area contributed by atoms with E-state index >= 15 is 0 Å². The van der Waals surface area contributed by atoms with Crippen molar-refractivity contribution in [2.75, 3.05) is 0 Å². The summed E-state index contributed by atoms with van der Waals surface area (Å²) < 4.78 is 0. The molecule has 0 spiro atoms. The van der Waals surface area contributed by atoms with Gasteiger partial charge in [-0.05, 0) is 18.6 Å². The highest BCUT2D eigenvalue weighted by Gasteiger charge is 2.17. The van der Waals surface area contributed by atoms with E-state index in [2.05, 4.69) is 15.2 Å². The smallest absolute Gasteiger partial charge is 0.109 e. The molecule has 0 amide bonds. The van der Waals surface area contributed by atoms with Crippen LogP contribution in [0.2, 0.25) is 0 Å². The quantitative estimate of drug-likeness (QED) is 0.765. The lowest BCUT2D eigenvalue weighted by Gasteiger charge is -2.11. The molecule has 4 nitrogen and oxygen atoms in total. The normalized spacial score (nSPS) is 12.3. The molecule has 3 aromatic rings. The molecule has 0 bridgehead atoms. The van der Waals surface area contributed by atoms with Crippen LogP contribution in [0.3, 0.4) is 0 Å². The highest BCUT2D eigenvalue weighted by atomic mass is 16.3. The van der Waals surface area contributed by atoms with Crippen LogP contribution in [0.15, 0.2) is 54.9 Å². The number of benzene rings is 1. The average Bonchev–Trinajstić information content (AvgIpc) is 2.97. The van der Waals surface area contributed by atoms with Crippen molar-refractivity contribution in [2.24, 2.45) is 0 Å². The average molecular weight is 265 g/mol. The third-order valence-corrected chi connectivity index (χ3v) is 3.28. The van der Waals surface area contributed by atoms with Gasteiger partial charge in [0.15, 0.2) is 0 Å². The summed E-state index contributed by atoms with van der Waals surface area (Å²) in [6, 6.07) is 13.6. The molecule has 1 unspecified atom stereocenters. The van der Waals surface area contributed by atoms with Gasteiger partial charge in [0, 0.05) is 23.0 Å². The first kappa shape index (κ1) is 12.6. The number of hydrogen-bond acceptors (Lipinski definition) is 3. The van der Waals surface area contributed by atoms with Crippen molar-refractivity contribution in [3.05, 3.63) is 71.7 Å². The number of nitrogens with zero attached hydrogens (tertiary/aromatic N) is 2. The number of rotatable bonds is 3. The van der Waals surface area contributed by atoms with Gasteiger partial charge < -0.3 is 5.11 Å². The minimum Gasteiger partial charge on any atom is -0.383 e. The summed E-state index contributed by atoms with van der Waals surface area (Å²) in [4.78, 5) is 4.22. The molecule has 20 heavy (non-hydrogen) atoms. The first-order valence-electron chi connectivity index (χ1n) is 6.45. The minimum atomic E-state index is -0.739. The number of pyridine rings is 1. The molecule has 0 saturated carbocycles. The maximum absolute atomic E-state index is 10.5. The van der Waals surface area contributed by atoms with Gasteiger partial charge in [-0.15, -0.1) is 0 Å². The lowest BCUT2D eigenvalue weighted by molar-refractivity contribution is 0.220. The van der Waals surface area contributed by atoms with Crippen LogP contribution in [0, 0.1) is 6.92 Å². The van der Waals surface area contributed by atoms with Crippen molar-refractivity contribution in [3.63, 3.8) is 0 Å². The number of aromatic nitrogens is 3. The van der Waals surface area contributed by atoms with E-state index in [1.165, 1.54) is 0 Å². The number of aryl methyl sites for hydroxylation is 1. The van der Waals surface area contributed by atoms with Crippen molar-refractivity contribution >= 4 is 0 Å². The molecule has 0 aliphatic rings. The van der Waals surface area contributed by atoms with Crippen molar-refractivity contribution in [3.8, 4) is 11.3 Å². The molecule has 0 aliphatic carbocycles. The second-order valence-electron chi connectivity index (χ2n) is 4.70. The van der Waals surface area contributed by atoms with Gasteiger partial charge in [0.25, 0.3) is 0 Å². The molecular formula is C16H15N3O. The third-order valence-electron chi connectivity index (χ3n) is 3.28. The van der Waals surface area contributed by atoms with Gasteiger partial charge in [-0.2, -0.15) is 5.10 Å². The molecule has 2 N–H and O–H groups in total. The lowest BCUT2D eigenvalue weighted by Crippen LogP contribution is -2.01. The van der Waals surface area contributed by atoms with Crippen LogP contribution in [0.5, 0.6) is 0 Å². The van der Waals surface area contributed by atoms with E-state index in [1.54, 1.807) is 12.4 Å². The zero-order valence-electron chi connectivity index (χ0n) is 11.1. The van der Waals surface area contributed by atoms with E-state index in [4.69, 9.17) is 0 Å². The monoisotopic (exact) mass is 265 g/mol. The second-order valence-corrected chi connectivity index (χ2v) is 4.70. The SMILES string of the molecule is Cc1ccc(C(O)c2cn[nH]c2-c2ccccc2)cn1. The van der Waals surface area contributed by atoms with Crippen LogP contribution in [0.4, 0.5) is 0 Å². The maximum atomic E-state index is 10.5. The Kier molecular flexibility index (Phi) is 3.31. The fraction of sp³-hybridized carbons (Fsp3) is 0.125. The van der Waals surface area contributed by atoms with Gasteiger partial charge in [0.05, 0.1) is 11.9 Å². The lowest BCUT2D eigenvalue weighted by atomic mass is 10.00. The molecule has 1 atom stereocenters. The van der Waals surface area contributed by atoms with Crippen LogP contribution in [-0.4, -0.2) is 20.3 Å². The van der Waals surface area contributed by atoms with E-state index in [1.807, 2.05) is 49.4 Å². The molecule has 3 rings (SSSR count). The number of aliphatic hydroxyl groups excluding tert-OH is 1. The topological polar surface area (TPSA) is 61.8 Å². The summed E-state index contributed by atoms with van der Waals surface area (Å²) in [5.41, 5.74) is 4.27. The van der Waals surface area contributed by atoms with Crippen LogP contribution in [0.1, 0.15) is 22.9 Å². The summed E-state index contributed by atoms with van der Waals surface area (Å²) >= 11 is 0. The van der Waals surface area contributed by atoms with E-state index in [9.17, 15) is 5.11 Å². The van der Waals surface area contributed by atoms with Crippen LogP contribution >= 0.6 is 0 Å². The maximum Gasteiger partial charge on any atom is 0.109 e. The van der Waals surface area contributed by atoms with Crippen molar-refractivity contribution in [1.82, 2.24) is 15.2 Å². The molecule has 1 aromatic carbocycles. The Labute approximate surface area is 117 Å². The van der Waals surface area contributed by atoms with Gasteiger partial charge in [-0.1, -0.05) is 36.4 Å². The van der Waals surface area contributed by atoms with E-state index in [0.717, 1.165) is 28.1 Å². The highest BCUT2D eigenvalue weighted by Crippen LogP contribution is 2.29. The number of nitrogens with one attached hydrogen (secondary N) is 1. The first-order valence-corrected chi connectivity index (χ1v) is 6.45. The Morgan fingerprint density at radius 2 is 1.85 bits per heavy atom. The van der Waals surface area contributed by atoms with E-state index in [0.29, 0.717) is 0 Å². The van der Waals surface area contributed by atoms with Crippen molar-refractivity contribution < 1.29 is 5.11 Å². The van der Waals surface area contributed by atoms with E-state index in [-0.39, 0.29) is 0 Å². The predicted octanol–water partition coefficient (Wildman–Crippen LogP) is 2.86. The van der Waals surface area contributed by atoms with Gasteiger partial charge in [-0.25, -0.2) is 0 Å². The Bertz CT molecular complexity index is 689. The van der Waals surface area contributed by atoms with Crippen molar-refractivity contribution in [2.45, 2.75) is 13.0 Å². The standard InChI is InChI=1S/C16H15N3O/c1-11-7-8-13(9-17-11)16(20)14-10-18-19-15(14)12-5-3-2-4-6-12/h2-10,16,20H,1H3,(H,18,19). The molecule has 0 saturated heterocycles. The first-order chi connectivity index (χ1) is 9.75. The molecule has 0 aliphatic heterocycles. The Hall–Kier alpha value is -2.46. The summed E-state index contributed by atoms with van der Waals surface area (Å²) in [5, 5.41) is 17.5. The zero-order chi connectivity index (χ0) is 13.9. The number of hydrogen-bond donors (Lipinski definition) is 2. The molecule has 2 heterocycles. The summed E-state index contributed by atoms with van der Waals surface area (Å²) in [6.07, 6.45) is 2.62. The molecule has 0 fully saturated rings. The number of aliphatic hydroxyl groups is 1. The second kappa shape index (κ2) is 5.27. The number of H-pyrrole nitrogens is 1. The molecule has 0 radical (unpaired) electrons. The van der Waals surface area contributed by atoms with Crippen LogP contribution < -0.4 is 0 Å². The fourth-order valence-electron chi connectivity index (χ4n) is 2.16. The molecule has 2 aromatic heterocycles. The summed E-state index contributed by atoms with van der Waals surface area (Å²) in [6.45, 7) is 1.92. The summed E-state index contributed by atoms with van der Waals surface area (Å²) in [5.74, 6) is 0. The van der Waals surface area contributed by atoms with E-state index < -0.39 is 6.10 Å². The molecule has 100 valence electrons. The van der Waals surface area contributed by atoms with Crippen LogP contribution in [-0.2, 0) is 0 Å². The molecular weight excluding hydrogens is 250 g/mol. The fourth-order valence-corrected chi connectivity index (χ4v) is 2.16. The zero-order valence-corrected chi connectivity index (χ0v) is 11.1. The predicted molar refractivity (Wildman–Crippen MR) is 77.1 cm³/mol. The minimum absolute atomic E-state index is 0.739.